The highest BCUT2D eigenvalue weighted by Gasteiger charge is 2.18. The summed E-state index contributed by atoms with van der Waals surface area (Å²) in [5, 5.41) is 9.83. The third-order valence-electron chi connectivity index (χ3n) is 12.0. The fourth-order valence-electron chi connectivity index (χ4n) is 9.38. The zero-order valence-electron chi connectivity index (χ0n) is 31.6. The maximum Gasteiger partial charge on any atom is 0.143 e. The average Bonchev–Trinajstić information content (AvgIpc) is 3.84. The fraction of sp³-hybridized carbons (Fsp3) is 0. The van der Waals surface area contributed by atoms with Gasteiger partial charge in [-0.05, 0) is 90.8 Å². The van der Waals surface area contributed by atoms with Gasteiger partial charge in [0.05, 0.1) is 11.0 Å². The standard InChI is InChI=1S/C56H35NO/c1-2-13-38(14-3-1)54-46-17-4-6-19-48(46)55(49-20-7-5-18-47(49)54)39-29-32-41(33-30-39)57-51-23-10-8-15-43(51)44-34-31-40(35-52(44)57)36-25-27-37(28-26-36)42-21-12-22-50-45-16-9-11-24-53(45)58-56(42)50/h1-35H. The molecule has 0 N–H and O–H groups in total. The lowest BCUT2D eigenvalue weighted by Gasteiger charge is -2.18. The lowest BCUT2D eigenvalue weighted by atomic mass is 9.86. The second kappa shape index (κ2) is 12.9. The first-order valence-electron chi connectivity index (χ1n) is 19.9. The largest absolute Gasteiger partial charge is 0.455 e. The molecule has 2 aromatic heterocycles. The normalized spacial score (nSPS) is 11.8. The summed E-state index contributed by atoms with van der Waals surface area (Å²) in [6, 6.07) is 76.9. The van der Waals surface area contributed by atoms with Gasteiger partial charge in [0.15, 0.2) is 0 Å². The Labute approximate surface area is 335 Å². The van der Waals surface area contributed by atoms with Crippen LogP contribution in [0.1, 0.15) is 0 Å². The van der Waals surface area contributed by atoms with Crippen LogP contribution in [-0.2, 0) is 0 Å². The molecular formula is C56H35NO. The van der Waals surface area contributed by atoms with Gasteiger partial charge in [-0.25, -0.2) is 0 Å². The molecule has 0 aliphatic carbocycles. The van der Waals surface area contributed by atoms with E-state index in [1.165, 1.54) is 76.7 Å². The minimum atomic E-state index is 0.916. The van der Waals surface area contributed by atoms with Gasteiger partial charge in [-0.2, -0.15) is 0 Å². The van der Waals surface area contributed by atoms with E-state index in [0.717, 1.165) is 38.8 Å². The molecule has 0 amide bonds. The minimum absolute atomic E-state index is 0.916. The summed E-state index contributed by atoms with van der Waals surface area (Å²) in [4.78, 5) is 0. The Morgan fingerprint density at radius 3 is 1.48 bits per heavy atom. The number of furan rings is 1. The maximum atomic E-state index is 6.37. The lowest BCUT2D eigenvalue weighted by molar-refractivity contribution is 0.670. The van der Waals surface area contributed by atoms with Crippen LogP contribution in [0, 0.1) is 0 Å². The van der Waals surface area contributed by atoms with Crippen molar-refractivity contribution in [3.63, 3.8) is 0 Å². The van der Waals surface area contributed by atoms with Crippen molar-refractivity contribution >= 4 is 65.3 Å². The second-order valence-corrected chi connectivity index (χ2v) is 15.2. The Morgan fingerprint density at radius 2 is 0.793 bits per heavy atom. The molecule has 0 saturated carbocycles. The number of hydrogen-bond donors (Lipinski definition) is 0. The number of rotatable bonds is 5. The summed E-state index contributed by atoms with van der Waals surface area (Å²) < 4.78 is 8.79. The Balaban J connectivity index is 0.970. The third-order valence-corrected chi connectivity index (χ3v) is 12.0. The van der Waals surface area contributed by atoms with Gasteiger partial charge in [-0.1, -0.05) is 182 Å². The highest BCUT2D eigenvalue weighted by molar-refractivity contribution is 6.21. The van der Waals surface area contributed by atoms with Crippen LogP contribution in [0.4, 0.5) is 0 Å². The van der Waals surface area contributed by atoms with Crippen molar-refractivity contribution in [2.75, 3.05) is 0 Å². The van der Waals surface area contributed by atoms with Gasteiger partial charge in [0.1, 0.15) is 11.2 Å². The summed E-state index contributed by atoms with van der Waals surface area (Å²) in [7, 11) is 0. The van der Waals surface area contributed by atoms with E-state index < -0.39 is 0 Å². The number of nitrogens with zero attached hydrogens (tertiary/aromatic N) is 1. The predicted octanol–water partition coefficient (Wildman–Crippen LogP) is 15.7. The molecule has 0 bridgehead atoms. The van der Waals surface area contributed by atoms with E-state index in [0.29, 0.717) is 0 Å². The molecule has 2 heteroatoms. The number of benzene rings is 10. The van der Waals surface area contributed by atoms with Crippen LogP contribution in [0.5, 0.6) is 0 Å². The van der Waals surface area contributed by atoms with Gasteiger partial charge in [-0.3, -0.25) is 0 Å². The Bertz CT molecular complexity index is 3480. The molecule has 0 spiro atoms. The third kappa shape index (κ3) is 4.99. The first kappa shape index (κ1) is 32.6. The summed E-state index contributed by atoms with van der Waals surface area (Å²) in [5.74, 6) is 0. The number of fused-ring (bicyclic) bond motifs is 8. The van der Waals surface area contributed by atoms with Crippen LogP contribution < -0.4 is 0 Å². The molecule has 10 aromatic carbocycles. The van der Waals surface area contributed by atoms with E-state index in [2.05, 4.69) is 205 Å². The van der Waals surface area contributed by atoms with E-state index in [-0.39, 0.29) is 0 Å². The molecule has 58 heavy (non-hydrogen) atoms. The first-order valence-corrected chi connectivity index (χ1v) is 19.9. The molecule has 0 unspecified atom stereocenters. The zero-order chi connectivity index (χ0) is 38.2. The highest BCUT2D eigenvalue weighted by atomic mass is 16.3. The smallest absolute Gasteiger partial charge is 0.143 e. The van der Waals surface area contributed by atoms with Crippen LogP contribution in [0.15, 0.2) is 217 Å². The molecule has 2 heterocycles. The molecule has 0 atom stereocenters. The molecule has 0 aliphatic heterocycles. The van der Waals surface area contributed by atoms with Crippen LogP contribution in [0.25, 0.3) is 115 Å². The fourth-order valence-corrected chi connectivity index (χ4v) is 9.38. The molecule has 270 valence electrons. The van der Waals surface area contributed by atoms with Crippen molar-refractivity contribution in [3.05, 3.63) is 212 Å². The zero-order valence-corrected chi connectivity index (χ0v) is 31.6. The van der Waals surface area contributed by atoms with E-state index in [1.807, 2.05) is 12.1 Å². The van der Waals surface area contributed by atoms with Gasteiger partial charge in [0.2, 0.25) is 0 Å². The van der Waals surface area contributed by atoms with Gasteiger partial charge in [0, 0.05) is 32.8 Å². The van der Waals surface area contributed by atoms with Crippen molar-refractivity contribution in [2.45, 2.75) is 0 Å². The van der Waals surface area contributed by atoms with Crippen LogP contribution in [0.3, 0.4) is 0 Å². The van der Waals surface area contributed by atoms with Gasteiger partial charge >= 0.3 is 0 Å². The van der Waals surface area contributed by atoms with Crippen molar-refractivity contribution in [1.29, 1.82) is 0 Å². The van der Waals surface area contributed by atoms with E-state index in [4.69, 9.17) is 4.42 Å². The molecule has 12 rings (SSSR count). The molecule has 0 saturated heterocycles. The molecular weight excluding hydrogens is 703 g/mol. The summed E-state index contributed by atoms with van der Waals surface area (Å²) in [6.45, 7) is 0. The van der Waals surface area contributed by atoms with E-state index in [9.17, 15) is 0 Å². The maximum absolute atomic E-state index is 6.37. The second-order valence-electron chi connectivity index (χ2n) is 15.2. The number of para-hydroxylation sites is 3. The van der Waals surface area contributed by atoms with E-state index in [1.54, 1.807) is 0 Å². The summed E-state index contributed by atoms with van der Waals surface area (Å²) in [5.41, 5.74) is 14.9. The Hall–Kier alpha value is -7.68. The highest BCUT2D eigenvalue weighted by Crippen LogP contribution is 2.44. The monoisotopic (exact) mass is 737 g/mol. The van der Waals surface area contributed by atoms with Crippen LogP contribution in [0.2, 0.25) is 0 Å². The van der Waals surface area contributed by atoms with Crippen LogP contribution >= 0.6 is 0 Å². The van der Waals surface area contributed by atoms with Crippen LogP contribution in [-0.4, -0.2) is 4.57 Å². The number of hydrogen-bond acceptors (Lipinski definition) is 1. The molecule has 0 fully saturated rings. The predicted molar refractivity (Wildman–Crippen MR) is 245 cm³/mol. The lowest BCUT2D eigenvalue weighted by Crippen LogP contribution is -1.95. The van der Waals surface area contributed by atoms with Crippen molar-refractivity contribution in [2.24, 2.45) is 0 Å². The van der Waals surface area contributed by atoms with Gasteiger partial charge < -0.3 is 8.98 Å². The molecule has 12 aromatic rings. The molecule has 0 radical (unpaired) electrons. The first-order chi connectivity index (χ1) is 28.8. The van der Waals surface area contributed by atoms with Gasteiger partial charge in [0.25, 0.3) is 0 Å². The minimum Gasteiger partial charge on any atom is -0.455 e. The number of aromatic nitrogens is 1. The Kier molecular flexibility index (Phi) is 7.26. The van der Waals surface area contributed by atoms with Gasteiger partial charge in [-0.15, -0.1) is 0 Å². The quantitative estimate of drug-likeness (QED) is 0.161. The Morgan fingerprint density at radius 1 is 0.293 bits per heavy atom. The average molecular weight is 738 g/mol. The van der Waals surface area contributed by atoms with Crippen molar-refractivity contribution in [3.8, 4) is 50.2 Å². The summed E-state index contributed by atoms with van der Waals surface area (Å²) >= 11 is 0. The van der Waals surface area contributed by atoms with Crippen molar-refractivity contribution < 1.29 is 4.42 Å². The topological polar surface area (TPSA) is 18.1 Å². The SMILES string of the molecule is c1ccc(-c2c3ccccc3c(-c3ccc(-n4c5ccccc5c5ccc(-c6ccc(-c7cccc8c7oc7ccccc78)cc6)cc54)cc3)c3ccccc23)cc1. The molecule has 2 nitrogen and oxygen atoms in total. The molecule has 0 aliphatic rings. The van der Waals surface area contributed by atoms with Crippen molar-refractivity contribution in [1.82, 2.24) is 4.57 Å². The summed E-state index contributed by atoms with van der Waals surface area (Å²) in [6.07, 6.45) is 0. The van der Waals surface area contributed by atoms with E-state index >= 15 is 0 Å².